The first-order valence-electron chi connectivity index (χ1n) is 8.52. The van der Waals surface area contributed by atoms with Crippen molar-refractivity contribution in [2.24, 2.45) is 7.05 Å². The zero-order valence-corrected chi connectivity index (χ0v) is 15.0. The highest BCUT2D eigenvalue weighted by Crippen LogP contribution is 2.28. The number of aryl methyl sites for hydroxylation is 1. The zero-order chi connectivity index (χ0) is 17.2. The van der Waals surface area contributed by atoms with Gasteiger partial charge in [-0.05, 0) is 30.8 Å². The number of likely N-dealkylation sites (tertiary alicyclic amines) is 1. The Morgan fingerprint density at radius 2 is 2.36 bits per heavy atom. The number of nitrogens with one attached hydrogen (secondary N) is 1. The molecule has 0 amide bonds. The number of aromatic amines is 1. The van der Waals surface area contributed by atoms with Gasteiger partial charge in [0.1, 0.15) is 5.82 Å². The normalized spacial score (nSPS) is 18.5. The van der Waals surface area contributed by atoms with Gasteiger partial charge in [-0.1, -0.05) is 6.07 Å². The highest BCUT2D eigenvalue weighted by molar-refractivity contribution is 7.13. The highest BCUT2D eigenvalue weighted by atomic mass is 32.1. The zero-order valence-electron chi connectivity index (χ0n) is 14.2. The summed E-state index contributed by atoms with van der Waals surface area (Å²) in [5.41, 5.74) is 2.06. The molecule has 3 aromatic rings. The summed E-state index contributed by atoms with van der Waals surface area (Å²) in [5, 5.41) is 6.24. The van der Waals surface area contributed by atoms with Crippen molar-refractivity contribution >= 4 is 11.3 Å². The first-order chi connectivity index (χ1) is 12.2. The largest absolute Gasteiger partial charge is 0.306 e. The van der Waals surface area contributed by atoms with Crippen LogP contribution in [-0.4, -0.2) is 37.7 Å². The molecule has 0 aliphatic carbocycles. The Kier molecular flexibility index (Phi) is 4.50. The third-order valence-electron chi connectivity index (χ3n) is 4.60. The fraction of sp³-hybridized carbons (Fsp3) is 0.389. The second-order valence-corrected chi connectivity index (χ2v) is 7.54. The van der Waals surface area contributed by atoms with E-state index in [1.54, 1.807) is 17.4 Å². The van der Waals surface area contributed by atoms with Gasteiger partial charge in [-0.3, -0.25) is 14.4 Å². The molecule has 0 saturated carbocycles. The van der Waals surface area contributed by atoms with Gasteiger partial charge in [0.05, 0.1) is 16.8 Å². The smallest absolute Gasteiger partial charge is 0.251 e. The van der Waals surface area contributed by atoms with Crippen molar-refractivity contribution in [1.82, 2.24) is 24.6 Å². The van der Waals surface area contributed by atoms with Gasteiger partial charge in [-0.15, -0.1) is 11.3 Å². The predicted molar refractivity (Wildman–Crippen MR) is 98.6 cm³/mol. The van der Waals surface area contributed by atoms with E-state index in [1.165, 1.54) is 5.56 Å². The van der Waals surface area contributed by atoms with Gasteiger partial charge in [0, 0.05) is 43.9 Å². The molecule has 4 rings (SSSR count). The number of hydrogen-bond donors (Lipinski definition) is 1. The second-order valence-electron chi connectivity index (χ2n) is 6.59. The average molecular weight is 355 g/mol. The third-order valence-corrected chi connectivity index (χ3v) is 5.48. The minimum Gasteiger partial charge on any atom is -0.306 e. The number of H-pyrrole nitrogens is 1. The summed E-state index contributed by atoms with van der Waals surface area (Å²) in [7, 11) is 1.94. The lowest BCUT2D eigenvalue weighted by molar-refractivity contribution is 0.198. The van der Waals surface area contributed by atoms with E-state index in [0.717, 1.165) is 43.0 Å². The Labute approximate surface area is 150 Å². The van der Waals surface area contributed by atoms with Crippen LogP contribution in [0.5, 0.6) is 0 Å². The Morgan fingerprint density at radius 3 is 3.12 bits per heavy atom. The van der Waals surface area contributed by atoms with E-state index in [9.17, 15) is 4.79 Å². The lowest BCUT2D eigenvalue weighted by Crippen LogP contribution is -2.34. The van der Waals surface area contributed by atoms with Crippen LogP contribution < -0.4 is 5.56 Å². The van der Waals surface area contributed by atoms with Crippen LogP contribution in [0, 0.1) is 0 Å². The van der Waals surface area contributed by atoms with Crippen LogP contribution in [0.3, 0.4) is 0 Å². The number of aromatic nitrogens is 4. The Balaban J connectivity index is 1.54. The summed E-state index contributed by atoms with van der Waals surface area (Å²) in [4.78, 5) is 23.2. The predicted octanol–water partition coefficient (Wildman–Crippen LogP) is 2.61. The van der Waals surface area contributed by atoms with Gasteiger partial charge >= 0.3 is 0 Å². The second kappa shape index (κ2) is 6.93. The number of piperidine rings is 1. The Hall–Kier alpha value is -2.25. The molecule has 0 bridgehead atoms. The molecule has 1 aliphatic rings. The maximum Gasteiger partial charge on any atom is 0.251 e. The Bertz CT molecular complexity index is 898. The molecule has 1 N–H and O–H groups in total. The van der Waals surface area contributed by atoms with Gasteiger partial charge < -0.3 is 4.98 Å². The maximum absolute atomic E-state index is 12.1. The maximum atomic E-state index is 12.1. The van der Waals surface area contributed by atoms with Crippen LogP contribution in [0.4, 0.5) is 0 Å². The molecule has 130 valence electrons. The fourth-order valence-corrected chi connectivity index (χ4v) is 4.14. The lowest BCUT2D eigenvalue weighted by atomic mass is 9.94. The molecule has 1 unspecified atom stereocenters. The first kappa shape index (κ1) is 16.2. The van der Waals surface area contributed by atoms with Crippen LogP contribution in [0.2, 0.25) is 0 Å². The molecule has 1 aliphatic heterocycles. The van der Waals surface area contributed by atoms with Gasteiger partial charge in [-0.2, -0.15) is 5.10 Å². The van der Waals surface area contributed by atoms with E-state index in [2.05, 4.69) is 21.2 Å². The van der Waals surface area contributed by atoms with E-state index in [1.807, 2.05) is 35.4 Å². The fourth-order valence-electron chi connectivity index (χ4n) is 3.47. The van der Waals surface area contributed by atoms with Gasteiger partial charge in [0.25, 0.3) is 5.56 Å². The van der Waals surface area contributed by atoms with Gasteiger partial charge in [0.15, 0.2) is 0 Å². The van der Waals surface area contributed by atoms with Crippen molar-refractivity contribution in [1.29, 1.82) is 0 Å². The summed E-state index contributed by atoms with van der Waals surface area (Å²) in [6, 6.07) is 5.63. The monoisotopic (exact) mass is 355 g/mol. The van der Waals surface area contributed by atoms with E-state index in [-0.39, 0.29) is 5.56 Å². The molecule has 1 atom stereocenters. The quantitative estimate of drug-likeness (QED) is 0.781. The van der Waals surface area contributed by atoms with Crippen LogP contribution in [0.25, 0.3) is 10.7 Å². The van der Waals surface area contributed by atoms with E-state index < -0.39 is 0 Å². The molecule has 0 spiro atoms. The molecule has 0 aromatic carbocycles. The van der Waals surface area contributed by atoms with E-state index in [4.69, 9.17) is 4.98 Å². The molecule has 1 fully saturated rings. The van der Waals surface area contributed by atoms with Gasteiger partial charge in [0.2, 0.25) is 0 Å². The summed E-state index contributed by atoms with van der Waals surface area (Å²) in [6.45, 7) is 2.90. The average Bonchev–Trinajstić information content (AvgIpc) is 3.27. The Morgan fingerprint density at radius 1 is 1.44 bits per heavy atom. The number of hydrogen-bond acceptors (Lipinski definition) is 5. The first-order valence-corrected chi connectivity index (χ1v) is 9.40. The van der Waals surface area contributed by atoms with Crippen molar-refractivity contribution in [2.45, 2.75) is 25.3 Å². The summed E-state index contributed by atoms with van der Waals surface area (Å²) >= 11 is 1.59. The van der Waals surface area contributed by atoms with Gasteiger partial charge in [-0.25, -0.2) is 4.98 Å². The highest BCUT2D eigenvalue weighted by Gasteiger charge is 2.23. The van der Waals surface area contributed by atoms with Crippen molar-refractivity contribution in [3.63, 3.8) is 0 Å². The molecule has 0 radical (unpaired) electrons. The van der Waals surface area contributed by atoms with E-state index in [0.29, 0.717) is 11.7 Å². The molecule has 6 nitrogen and oxygen atoms in total. The van der Waals surface area contributed by atoms with Crippen molar-refractivity contribution in [2.75, 3.05) is 13.1 Å². The topological polar surface area (TPSA) is 66.8 Å². The molecule has 1 saturated heterocycles. The van der Waals surface area contributed by atoms with Crippen molar-refractivity contribution in [3.05, 3.63) is 57.6 Å². The molecule has 7 heteroatoms. The molecule has 4 heterocycles. The molecular weight excluding hydrogens is 334 g/mol. The number of thiophene rings is 1. The lowest BCUT2D eigenvalue weighted by Gasteiger charge is -2.32. The number of nitrogens with zero attached hydrogens (tertiary/aromatic N) is 4. The van der Waals surface area contributed by atoms with Crippen LogP contribution >= 0.6 is 11.3 Å². The molecular formula is C18H21N5OS. The summed E-state index contributed by atoms with van der Waals surface area (Å²) in [5.74, 6) is 0.980. The van der Waals surface area contributed by atoms with Crippen molar-refractivity contribution < 1.29 is 0 Å². The minimum absolute atomic E-state index is 0.0715. The summed E-state index contributed by atoms with van der Waals surface area (Å²) in [6.07, 6.45) is 6.17. The minimum atomic E-state index is -0.0715. The number of rotatable bonds is 4. The van der Waals surface area contributed by atoms with E-state index >= 15 is 0 Å². The third kappa shape index (κ3) is 3.72. The molecule has 25 heavy (non-hydrogen) atoms. The van der Waals surface area contributed by atoms with Crippen molar-refractivity contribution in [3.8, 4) is 10.7 Å². The SMILES string of the molecule is Cn1cc(CN2CCCC(c3cc(=O)[nH]c(-c4cccs4)n3)C2)cn1. The van der Waals surface area contributed by atoms with Crippen LogP contribution in [0.1, 0.15) is 30.0 Å². The summed E-state index contributed by atoms with van der Waals surface area (Å²) < 4.78 is 1.84. The standard InChI is InChI=1S/C18H21N5OS/c1-22-10-13(9-19-22)11-23-6-2-4-14(12-23)15-8-17(24)21-18(20-15)16-5-3-7-25-16/h3,5,7-10,14H,2,4,6,11-12H2,1H3,(H,20,21,24). The molecule has 3 aromatic heterocycles. The van der Waals surface area contributed by atoms with Crippen LogP contribution in [0.15, 0.2) is 40.8 Å². The van der Waals surface area contributed by atoms with Crippen LogP contribution in [-0.2, 0) is 13.6 Å².